The van der Waals surface area contributed by atoms with Crippen LogP contribution in [-0.2, 0) is 32.0 Å². The van der Waals surface area contributed by atoms with E-state index < -0.39 is 47.9 Å². The Kier molecular flexibility index (Phi) is 11.2. The van der Waals surface area contributed by atoms with E-state index in [9.17, 15) is 29.4 Å². The van der Waals surface area contributed by atoms with Gasteiger partial charge in [-0.25, -0.2) is 4.79 Å². The number of aromatic amines is 1. The molecule has 0 radical (unpaired) electrons. The number of aliphatic carboxylic acids is 1. The zero-order valence-electron chi connectivity index (χ0n) is 23.0. The van der Waals surface area contributed by atoms with Crippen molar-refractivity contribution in [2.75, 3.05) is 5.75 Å². The summed E-state index contributed by atoms with van der Waals surface area (Å²) in [6.07, 6.45) is 2.26. The molecule has 0 saturated heterocycles. The lowest BCUT2D eigenvalue weighted by atomic mass is 10.0. The maximum atomic E-state index is 13.5. The molecular formula is C29H37N5O6S. The highest BCUT2D eigenvalue weighted by Crippen LogP contribution is 2.19. The number of nitrogens with two attached hydrogens (primary N) is 1. The normalized spacial score (nSPS) is 14.2. The van der Waals surface area contributed by atoms with E-state index in [1.165, 1.54) is 12.1 Å². The molecule has 0 aliphatic carbocycles. The zero-order chi connectivity index (χ0) is 30.1. The van der Waals surface area contributed by atoms with Crippen molar-refractivity contribution < 1.29 is 29.4 Å². The fraction of sp³-hybridized carbons (Fsp3) is 0.379. The summed E-state index contributed by atoms with van der Waals surface area (Å²) >= 11 is 4.20. The molecule has 4 atom stereocenters. The number of H-pyrrole nitrogens is 1. The van der Waals surface area contributed by atoms with Crippen molar-refractivity contribution in [3.05, 3.63) is 65.9 Å². The van der Waals surface area contributed by atoms with Crippen LogP contribution in [0, 0.1) is 5.92 Å². The second-order valence-electron chi connectivity index (χ2n) is 10.4. The SMILES string of the molecule is CC(C)CC(N)C(=O)NC(Cc1c[nH]c2ccccc12)C(=O)NC(CS)C(=O)NC(Cc1ccc(O)cc1)C(=O)O. The second kappa shape index (κ2) is 14.6. The van der Waals surface area contributed by atoms with E-state index in [2.05, 4.69) is 33.6 Å². The molecule has 0 spiro atoms. The number of para-hydroxylation sites is 1. The molecule has 0 bridgehead atoms. The summed E-state index contributed by atoms with van der Waals surface area (Å²) in [6, 6.07) is 9.11. The van der Waals surface area contributed by atoms with Crippen LogP contribution in [0.15, 0.2) is 54.7 Å². The Hall–Kier alpha value is -4.03. The molecule has 3 rings (SSSR count). The van der Waals surface area contributed by atoms with Gasteiger partial charge in [0.15, 0.2) is 0 Å². The minimum atomic E-state index is -1.29. The monoisotopic (exact) mass is 583 g/mol. The van der Waals surface area contributed by atoms with Crippen molar-refractivity contribution in [3.8, 4) is 5.75 Å². The summed E-state index contributed by atoms with van der Waals surface area (Å²) in [5.41, 5.74) is 8.30. The number of aromatic nitrogens is 1. The summed E-state index contributed by atoms with van der Waals surface area (Å²) in [5, 5.41) is 27.8. The molecule has 2 aromatic carbocycles. The highest BCUT2D eigenvalue weighted by molar-refractivity contribution is 7.80. The van der Waals surface area contributed by atoms with Gasteiger partial charge in [0.25, 0.3) is 0 Å². The van der Waals surface area contributed by atoms with Crippen molar-refractivity contribution in [3.63, 3.8) is 0 Å². The standard InChI is InChI=1S/C29H37N5O6S/c1-16(2)11-21(30)26(36)32-23(13-18-14-31-22-6-4-3-5-20(18)22)27(37)34-25(15-41)28(38)33-24(29(39)40)12-17-7-9-19(35)10-8-17/h3-10,14,16,21,23-25,31,35,41H,11-13,15,30H2,1-2H3,(H,32,36)(H,33,38)(H,34,37)(H,39,40). The Balaban J connectivity index is 1.76. The van der Waals surface area contributed by atoms with E-state index in [-0.39, 0.29) is 30.3 Å². The third-order valence-corrected chi connectivity index (χ3v) is 6.97. The van der Waals surface area contributed by atoms with E-state index in [4.69, 9.17) is 5.73 Å². The van der Waals surface area contributed by atoms with Crippen LogP contribution in [0.3, 0.4) is 0 Å². The highest BCUT2D eigenvalue weighted by atomic mass is 32.1. The lowest BCUT2D eigenvalue weighted by Crippen LogP contribution is -2.58. The number of fused-ring (bicyclic) bond motifs is 1. The fourth-order valence-electron chi connectivity index (χ4n) is 4.43. The first-order chi connectivity index (χ1) is 19.5. The minimum absolute atomic E-state index is 0.0296. The van der Waals surface area contributed by atoms with Crippen LogP contribution in [0.2, 0.25) is 0 Å². The Morgan fingerprint density at radius 1 is 0.878 bits per heavy atom. The molecule has 0 aliphatic heterocycles. The molecule has 4 unspecified atom stereocenters. The van der Waals surface area contributed by atoms with Crippen LogP contribution in [0.25, 0.3) is 10.9 Å². The van der Waals surface area contributed by atoms with Gasteiger partial charge in [-0.05, 0) is 41.7 Å². The second-order valence-corrected chi connectivity index (χ2v) is 10.7. The van der Waals surface area contributed by atoms with E-state index in [1.54, 1.807) is 18.3 Å². The summed E-state index contributed by atoms with van der Waals surface area (Å²) in [5.74, 6) is -3.07. The molecular weight excluding hydrogens is 546 g/mol. The topological polar surface area (TPSA) is 187 Å². The number of phenols is 1. The molecule has 1 aromatic heterocycles. The van der Waals surface area contributed by atoms with Gasteiger partial charge in [-0.15, -0.1) is 0 Å². The first-order valence-electron chi connectivity index (χ1n) is 13.3. The molecule has 220 valence electrons. The Morgan fingerprint density at radius 3 is 2.12 bits per heavy atom. The predicted molar refractivity (Wildman–Crippen MR) is 159 cm³/mol. The quantitative estimate of drug-likeness (QED) is 0.132. The van der Waals surface area contributed by atoms with Gasteiger partial charge < -0.3 is 36.9 Å². The molecule has 8 N–H and O–H groups in total. The van der Waals surface area contributed by atoms with Crippen molar-refractivity contribution in [2.24, 2.45) is 11.7 Å². The molecule has 11 nitrogen and oxygen atoms in total. The van der Waals surface area contributed by atoms with E-state index in [1.807, 2.05) is 38.1 Å². The molecule has 0 aliphatic rings. The van der Waals surface area contributed by atoms with Crippen molar-refractivity contribution in [1.29, 1.82) is 0 Å². The first-order valence-corrected chi connectivity index (χ1v) is 13.9. The number of benzene rings is 2. The molecule has 3 amide bonds. The zero-order valence-corrected chi connectivity index (χ0v) is 23.9. The number of nitrogens with one attached hydrogen (secondary N) is 4. The Morgan fingerprint density at radius 2 is 1.49 bits per heavy atom. The molecule has 41 heavy (non-hydrogen) atoms. The Bertz CT molecular complexity index is 1360. The van der Waals surface area contributed by atoms with Crippen molar-refractivity contribution in [1.82, 2.24) is 20.9 Å². The number of amides is 3. The van der Waals surface area contributed by atoms with E-state index >= 15 is 0 Å². The molecule has 3 aromatic rings. The number of carbonyl (C=O) groups is 4. The highest BCUT2D eigenvalue weighted by Gasteiger charge is 2.30. The number of rotatable bonds is 14. The number of hydrogen-bond acceptors (Lipinski definition) is 7. The summed E-state index contributed by atoms with van der Waals surface area (Å²) in [4.78, 5) is 54.4. The number of carboxylic acid groups (broad SMARTS) is 1. The van der Waals surface area contributed by atoms with E-state index in [0.29, 0.717) is 12.0 Å². The Labute approximate surface area is 243 Å². The first kappa shape index (κ1) is 31.5. The average Bonchev–Trinajstić information content (AvgIpc) is 3.34. The van der Waals surface area contributed by atoms with Gasteiger partial charge in [0, 0.05) is 35.7 Å². The largest absolute Gasteiger partial charge is 0.508 e. The van der Waals surface area contributed by atoms with Gasteiger partial charge in [0.05, 0.1) is 6.04 Å². The average molecular weight is 584 g/mol. The van der Waals surface area contributed by atoms with Crippen LogP contribution in [0.5, 0.6) is 5.75 Å². The lowest BCUT2D eigenvalue weighted by Gasteiger charge is -2.25. The van der Waals surface area contributed by atoms with Gasteiger partial charge in [0.1, 0.15) is 23.9 Å². The third kappa shape index (κ3) is 8.98. The number of thiol groups is 1. The molecule has 12 heteroatoms. The number of carbonyl (C=O) groups excluding carboxylic acids is 3. The van der Waals surface area contributed by atoms with Gasteiger partial charge >= 0.3 is 5.97 Å². The minimum Gasteiger partial charge on any atom is -0.508 e. The van der Waals surface area contributed by atoms with Crippen molar-refractivity contribution >= 4 is 47.2 Å². The summed E-state index contributed by atoms with van der Waals surface area (Å²) in [6.45, 7) is 3.87. The van der Waals surface area contributed by atoms with Crippen LogP contribution < -0.4 is 21.7 Å². The van der Waals surface area contributed by atoms with Crippen LogP contribution >= 0.6 is 12.6 Å². The maximum absolute atomic E-state index is 13.5. The lowest BCUT2D eigenvalue weighted by molar-refractivity contribution is -0.142. The van der Waals surface area contributed by atoms with Gasteiger partial charge in [-0.3, -0.25) is 14.4 Å². The maximum Gasteiger partial charge on any atom is 0.326 e. The van der Waals surface area contributed by atoms with Crippen LogP contribution in [0.1, 0.15) is 31.4 Å². The fourth-order valence-corrected chi connectivity index (χ4v) is 4.69. The summed E-state index contributed by atoms with van der Waals surface area (Å²) < 4.78 is 0. The molecule has 0 saturated carbocycles. The number of phenolic OH excluding ortho intramolecular Hbond substituents is 1. The van der Waals surface area contributed by atoms with Crippen LogP contribution in [0.4, 0.5) is 0 Å². The number of aromatic hydroxyl groups is 1. The third-order valence-electron chi connectivity index (χ3n) is 6.60. The van der Waals surface area contributed by atoms with Crippen LogP contribution in [-0.4, -0.2) is 68.8 Å². The molecule has 1 heterocycles. The van der Waals surface area contributed by atoms with Gasteiger partial charge in [-0.2, -0.15) is 12.6 Å². The van der Waals surface area contributed by atoms with Gasteiger partial charge in [0.2, 0.25) is 17.7 Å². The number of hydrogen-bond donors (Lipinski definition) is 8. The number of carboxylic acids is 1. The summed E-state index contributed by atoms with van der Waals surface area (Å²) in [7, 11) is 0. The smallest absolute Gasteiger partial charge is 0.326 e. The molecule has 0 fully saturated rings. The van der Waals surface area contributed by atoms with E-state index in [0.717, 1.165) is 16.5 Å². The van der Waals surface area contributed by atoms with Gasteiger partial charge in [-0.1, -0.05) is 44.2 Å². The predicted octanol–water partition coefficient (Wildman–Crippen LogP) is 1.50. The van der Waals surface area contributed by atoms with Crippen molar-refractivity contribution in [2.45, 2.75) is 57.3 Å².